The average molecular weight is 197 g/mol. The first-order chi connectivity index (χ1) is 6.60. The Kier molecular flexibility index (Phi) is 6.61. The van der Waals surface area contributed by atoms with Crippen LogP contribution in [0.25, 0.3) is 0 Å². The van der Waals surface area contributed by atoms with Gasteiger partial charge in [-0.2, -0.15) is 0 Å². The highest BCUT2D eigenvalue weighted by atomic mass is 16.3. The molecular formula is C12H21O2. The summed E-state index contributed by atoms with van der Waals surface area (Å²) in [6, 6.07) is 0. The van der Waals surface area contributed by atoms with Crippen molar-refractivity contribution in [3.63, 3.8) is 0 Å². The molecular weight excluding hydrogens is 176 g/mol. The van der Waals surface area contributed by atoms with Gasteiger partial charge in [-0.15, -0.1) is 5.92 Å². The second-order valence-electron chi connectivity index (χ2n) is 3.58. The molecule has 0 fully saturated rings. The Balaban J connectivity index is 4.45. The lowest BCUT2D eigenvalue weighted by Gasteiger charge is -2.29. The molecule has 14 heavy (non-hydrogen) atoms. The van der Waals surface area contributed by atoms with E-state index in [9.17, 15) is 10.2 Å². The topological polar surface area (TPSA) is 40.5 Å². The monoisotopic (exact) mass is 197 g/mol. The van der Waals surface area contributed by atoms with Gasteiger partial charge in [0.15, 0.2) is 0 Å². The van der Waals surface area contributed by atoms with Crippen LogP contribution in [0.2, 0.25) is 0 Å². The minimum atomic E-state index is -1.04. The van der Waals surface area contributed by atoms with E-state index in [4.69, 9.17) is 0 Å². The second kappa shape index (κ2) is 6.86. The summed E-state index contributed by atoms with van der Waals surface area (Å²) in [5.41, 5.74) is -1.04. The molecule has 0 aromatic carbocycles. The smallest absolute Gasteiger partial charge is 0.143 e. The van der Waals surface area contributed by atoms with Crippen molar-refractivity contribution < 1.29 is 10.2 Å². The largest absolute Gasteiger partial charge is 0.386 e. The van der Waals surface area contributed by atoms with E-state index < -0.39 is 11.7 Å². The first-order valence-electron chi connectivity index (χ1n) is 5.28. The number of hydrogen-bond acceptors (Lipinski definition) is 2. The molecule has 0 spiro atoms. The molecule has 1 unspecified atom stereocenters. The van der Waals surface area contributed by atoms with Crippen molar-refractivity contribution in [1.82, 2.24) is 0 Å². The zero-order chi connectivity index (χ0) is 11.0. The van der Waals surface area contributed by atoms with Gasteiger partial charge in [0.1, 0.15) is 11.7 Å². The molecule has 0 aliphatic rings. The average Bonchev–Trinajstić information content (AvgIpc) is 2.15. The molecule has 0 aromatic rings. The van der Waals surface area contributed by atoms with Gasteiger partial charge in [0.25, 0.3) is 0 Å². The minimum absolute atomic E-state index is 0.464. The van der Waals surface area contributed by atoms with Gasteiger partial charge in [-0.1, -0.05) is 32.6 Å². The van der Waals surface area contributed by atoms with E-state index in [1.54, 1.807) is 0 Å². The molecule has 2 N–H and O–H groups in total. The van der Waals surface area contributed by atoms with Crippen LogP contribution in [-0.2, 0) is 0 Å². The maximum Gasteiger partial charge on any atom is 0.143 e. The summed E-state index contributed by atoms with van der Waals surface area (Å²) in [7, 11) is 0. The van der Waals surface area contributed by atoms with Gasteiger partial charge in [0.2, 0.25) is 0 Å². The minimum Gasteiger partial charge on any atom is -0.386 e. The third-order valence-electron chi connectivity index (χ3n) is 2.24. The Bertz CT molecular complexity index is 194. The molecule has 0 amide bonds. The van der Waals surface area contributed by atoms with Crippen LogP contribution in [-0.4, -0.2) is 21.9 Å². The Morgan fingerprint density at radius 1 is 1.29 bits per heavy atom. The van der Waals surface area contributed by atoms with E-state index in [-0.39, 0.29) is 0 Å². The van der Waals surface area contributed by atoms with E-state index in [0.717, 1.165) is 12.8 Å². The third kappa shape index (κ3) is 4.13. The van der Waals surface area contributed by atoms with Crippen LogP contribution in [0.5, 0.6) is 0 Å². The summed E-state index contributed by atoms with van der Waals surface area (Å²) < 4.78 is 0. The van der Waals surface area contributed by atoms with Crippen LogP contribution >= 0.6 is 0 Å². The van der Waals surface area contributed by atoms with E-state index in [1.165, 1.54) is 0 Å². The van der Waals surface area contributed by atoms with Crippen molar-refractivity contribution in [2.24, 2.45) is 0 Å². The lowest BCUT2D eigenvalue weighted by Crippen LogP contribution is -2.41. The van der Waals surface area contributed by atoms with Crippen LogP contribution in [0.1, 0.15) is 46.0 Å². The van der Waals surface area contributed by atoms with E-state index >= 15 is 0 Å². The van der Waals surface area contributed by atoms with Gasteiger partial charge < -0.3 is 10.2 Å². The lowest BCUT2D eigenvalue weighted by atomic mass is 9.87. The van der Waals surface area contributed by atoms with Crippen molar-refractivity contribution in [3.05, 3.63) is 6.92 Å². The molecule has 81 valence electrons. The number of hydrogen-bond donors (Lipinski definition) is 2. The number of aliphatic hydroxyl groups is 2. The van der Waals surface area contributed by atoms with Gasteiger partial charge in [0.05, 0.1) is 0 Å². The summed E-state index contributed by atoms with van der Waals surface area (Å²) in [5, 5.41) is 19.8. The first kappa shape index (κ1) is 13.5. The zero-order valence-electron chi connectivity index (χ0n) is 9.21. The Morgan fingerprint density at radius 2 is 1.79 bits per heavy atom. The molecule has 0 saturated carbocycles. The Labute approximate surface area is 87.3 Å². The molecule has 1 radical (unpaired) electrons. The summed E-state index contributed by atoms with van der Waals surface area (Å²) in [4.78, 5) is 0. The zero-order valence-corrected chi connectivity index (χ0v) is 9.21. The second-order valence-corrected chi connectivity index (χ2v) is 3.58. The molecule has 0 heterocycles. The third-order valence-corrected chi connectivity index (χ3v) is 2.24. The summed E-state index contributed by atoms with van der Waals surface area (Å²) >= 11 is 0. The summed E-state index contributed by atoms with van der Waals surface area (Å²) in [6.45, 7) is 7.54. The Hall–Kier alpha value is -0.520. The van der Waals surface area contributed by atoms with Crippen LogP contribution in [0.3, 0.4) is 0 Å². The quantitative estimate of drug-likeness (QED) is 0.661. The van der Waals surface area contributed by atoms with E-state index in [2.05, 4.69) is 18.8 Å². The standard InChI is InChI=1S/C12H21O2/c1-4-7-8-11(13)12(14,9-5-2)10-6-3/h11,13-14H,1,4-6,9-10H2,2-3H3. The Morgan fingerprint density at radius 3 is 2.14 bits per heavy atom. The van der Waals surface area contributed by atoms with Gasteiger partial charge >= 0.3 is 0 Å². The highest BCUT2D eigenvalue weighted by Crippen LogP contribution is 2.23. The van der Waals surface area contributed by atoms with E-state index in [1.807, 2.05) is 13.8 Å². The summed E-state index contributed by atoms with van der Waals surface area (Å²) in [6.07, 6.45) is 2.40. The van der Waals surface area contributed by atoms with Crippen LogP contribution < -0.4 is 0 Å². The predicted molar refractivity (Wildman–Crippen MR) is 58.5 cm³/mol. The molecule has 0 rings (SSSR count). The molecule has 0 aliphatic carbocycles. The van der Waals surface area contributed by atoms with Gasteiger partial charge in [-0.3, -0.25) is 0 Å². The lowest BCUT2D eigenvalue weighted by molar-refractivity contribution is -0.0605. The fraction of sp³-hybridized carbons (Fsp3) is 0.750. The van der Waals surface area contributed by atoms with Gasteiger partial charge in [0, 0.05) is 6.42 Å². The fourth-order valence-electron chi connectivity index (χ4n) is 1.57. The maximum atomic E-state index is 10.1. The molecule has 2 nitrogen and oxygen atoms in total. The van der Waals surface area contributed by atoms with Crippen molar-refractivity contribution in [2.45, 2.75) is 57.7 Å². The first-order valence-corrected chi connectivity index (χ1v) is 5.28. The maximum absolute atomic E-state index is 10.1. The fourth-order valence-corrected chi connectivity index (χ4v) is 1.57. The van der Waals surface area contributed by atoms with Crippen molar-refractivity contribution in [1.29, 1.82) is 0 Å². The molecule has 0 saturated heterocycles. The van der Waals surface area contributed by atoms with Gasteiger partial charge in [-0.05, 0) is 19.8 Å². The van der Waals surface area contributed by atoms with Crippen molar-refractivity contribution in [3.8, 4) is 11.8 Å². The molecule has 0 aliphatic heterocycles. The summed E-state index contributed by atoms with van der Waals surface area (Å²) in [5.74, 6) is 5.33. The molecule has 1 atom stereocenters. The van der Waals surface area contributed by atoms with Gasteiger partial charge in [-0.25, -0.2) is 0 Å². The van der Waals surface area contributed by atoms with E-state index in [0.29, 0.717) is 19.3 Å². The number of aliphatic hydroxyl groups excluding tert-OH is 1. The molecule has 2 heteroatoms. The predicted octanol–water partition coefficient (Wildman–Crippen LogP) is 1.91. The van der Waals surface area contributed by atoms with Crippen molar-refractivity contribution in [2.75, 3.05) is 0 Å². The SMILES string of the molecule is [CH2]CC#CC(O)C(O)(CCC)CCC. The molecule has 0 aromatic heterocycles. The number of rotatable bonds is 5. The highest BCUT2D eigenvalue weighted by Gasteiger charge is 2.32. The highest BCUT2D eigenvalue weighted by molar-refractivity contribution is 5.11. The van der Waals surface area contributed by atoms with Crippen LogP contribution in [0.15, 0.2) is 0 Å². The van der Waals surface area contributed by atoms with Crippen LogP contribution in [0, 0.1) is 18.8 Å². The van der Waals surface area contributed by atoms with Crippen LogP contribution in [0.4, 0.5) is 0 Å². The van der Waals surface area contributed by atoms with Crippen molar-refractivity contribution >= 4 is 0 Å². The normalized spacial score (nSPS) is 13.2. The molecule has 0 bridgehead atoms.